The topological polar surface area (TPSA) is 102 Å². The lowest BCUT2D eigenvalue weighted by Gasteiger charge is -2.50. The van der Waals surface area contributed by atoms with E-state index in [4.69, 9.17) is 52.1 Å². The van der Waals surface area contributed by atoms with Gasteiger partial charge in [0.15, 0.2) is 12.6 Å². The minimum Gasteiger partial charge on any atom is -0.374 e. The Morgan fingerprint density at radius 3 is 0.947 bits per heavy atom. The average Bonchev–Trinajstić information content (AvgIpc) is 3.47. The van der Waals surface area contributed by atoms with Gasteiger partial charge in [-0.1, -0.05) is 218 Å². The first kappa shape index (κ1) is 53.7. The summed E-state index contributed by atoms with van der Waals surface area (Å²) in [4.78, 5) is 0. The van der Waals surface area contributed by atoms with Crippen molar-refractivity contribution in [2.75, 3.05) is 19.8 Å². The van der Waals surface area contributed by atoms with Crippen molar-refractivity contribution in [1.82, 2.24) is 0 Å². The van der Waals surface area contributed by atoms with Crippen LogP contribution >= 0.6 is 0 Å². The van der Waals surface area contributed by atoms with Gasteiger partial charge in [-0.2, -0.15) is 0 Å². The van der Waals surface area contributed by atoms with Crippen LogP contribution in [0.2, 0.25) is 0 Å². The second-order valence-electron chi connectivity index (χ2n) is 18.6. The first-order valence-corrected chi connectivity index (χ1v) is 25.9. The van der Waals surface area contributed by atoms with Gasteiger partial charge in [-0.3, -0.25) is 0 Å². The first-order chi connectivity index (χ1) is 37.2. The molecule has 0 bridgehead atoms. The van der Waals surface area contributed by atoms with Crippen LogP contribution in [-0.4, -0.2) is 81.2 Å². The van der Waals surface area contributed by atoms with Gasteiger partial charge in [0, 0.05) is 0 Å². The van der Waals surface area contributed by atoms with E-state index in [0.29, 0.717) is 13.2 Å². The van der Waals surface area contributed by atoms with Gasteiger partial charge in [-0.05, 0) is 38.9 Å². The third-order valence-corrected chi connectivity index (χ3v) is 13.1. The molecule has 0 aromatic heterocycles. The molecule has 9 rings (SSSR count). The molecule has 10 atom stereocenters. The first-order valence-electron chi connectivity index (χ1n) is 25.9. The lowest BCUT2D eigenvalue weighted by atomic mass is 9.95. The van der Waals surface area contributed by atoms with Gasteiger partial charge in [0.25, 0.3) is 0 Å². The predicted molar refractivity (Wildman–Crippen MR) is 286 cm³/mol. The zero-order chi connectivity index (χ0) is 51.1. The molecule has 11 nitrogen and oxygen atoms in total. The van der Waals surface area contributed by atoms with Crippen LogP contribution in [0.3, 0.4) is 0 Å². The zero-order valence-corrected chi connectivity index (χ0v) is 42.3. The summed E-state index contributed by atoms with van der Waals surface area (Å²) in [6.07, 6.45) is -6.66. The van der Waals surface area contributed by atoms with Crippen molar-refractivity contribution in [2.45, 2.75) is 108 Å². The fraction of sp³-hybridized carbons (Fsp3) is 0.312. The molecule has 7 aromatic rings. The Labute approximate surface area is 441 Å². The molecule has 2 aliphatic rings. The Hall–Kier alpha value is -6.16. The van der Waals surface area contributed by atoms with E-state index in [9.17, 15) is 0 Å². The summed E-state index contributed by atoms with van der Waals surface area (Å²) in [6, 6.07) is 70.3. The molecule has 11 heteroatoms. The molecule has 75 heavy (non-hydrogen) atoms. The Kier molecular flexibility index (Phi) is 20.9. The highest BCUT2D eigenvalue weighted by molar-refractivity contribution is 5.19. The van der Waals surface area contributed by atoms with Crippen LogP contribution in [0, 0.1) is 0 Å². The maximum Gasteiger partial charge on any atom is 0.187 e. The SMILES string of the molecule is C=CCOC1O[C@H](COCc2ccccc2)[C@@H](O[C@@H]2O[C@H](COCc3ccccc3)[C@H](OCc3ccccc3)[C@H](OCc3ccccc3)[C@H]2OCc2ccccc2)[C@H](OCc2ccccc2)[C@H]1OCc1ccccc1. The minimum absolute atomic E-state index is 0.104. The molecule has 0 N–H and O–H groups in total. The van der Waals surface area contributed by atoms with Gasteiger partial charge in [0.1, 0.15) is 48.8 Å². The Morgan fingerprint density at radius 2 is 0.587 bits per heavy atom. The molecule has 0 amide bonds. The highest BCUT2D eigenvalue weighted by Gasteiger charge is 2.54. The molecular weight excluding hydrogens is 945 g/mol. The maximum atomic E-state index is 7.55. The van der Waals surface area contributed by atoms with Crippen molar-refractivity contribution < 1.29 is 52.1 Å². The number of hydrogen-bond acceptors (Lipinski definition) is 11. The molecule has 7 aromatic carbocycles. The van der Waals surface area contributed by atoms with E-state index in [2.05, 4.69) is 6.58 Å². The van der Waals surface area contributed by atoms with E-state index in [1.165, 1.54) is 0 Å². The van der Waals surface area contributed by atoms with Crippen molar-refractivity contribution >= 4 is 0 Å². The summed E-state index contributed by atoms with van der Waals surface area (Å²) in [7, 11) is 0. The number of rotatable bonds is 28. The predicted octanol–water partition coefficient (Wildman–Crippen LogP) is 11.4. The van der Waals surface area contributed by atoms with Crippen LogP contribution in [0.4, 0.5) is 0 Å². The van der Waals surface area contributed by atoms with Crippen LogP contribution in [0.5, 0.6) is 0 Å². The zero-order valence-electron chi connectivity index (χ0n) is 42.3. The Balaban J connectivity index is 1.12. The second kappa shape index (κ2) is 29.2. The number of ether oxygens (including phenoxy) is 11. The molecule has 2 fully saturated rings. The van der Waals surface area contributed by atoms with Gasteiger partial charge in [-0.15, -0.1) is 6.58 Å². The van der Waals surface area contributed by atoms with Crippen molar-refractivity contribution in [3.8, 4) is 0 Å². The largest absolute Gasteiger partial charge is 0.374 e. The molecule has 390 valence electrons. The average molecular weight is 1010 g/mol. The molecule has 0 saturated carbocycles. The van der Waals surface area contributed by atoms with E-state index in [0.717, 1.165) is 38.9 Å². The van der Waals surface area contributed by atoms with Gasteiger partial charge in [0.05, 0.1) is 66.1 Å². The molecule has 2 aliphatic heterocycles. The summed E-state index contributed by atoms with van der Waals surface area (Å²) >= 11 is 0. The Morgan fingerprint density at radius 1 is 0.307 bits per heavy atom. The summed E-state index contributed by atoms with van der Waals surface area (Å²) in [6.45, 7) is 6.32. The highest BCUT2D eigenvalue weighted by atomic mass is 16.8. The minimum atomic E-state index is -1.11. The highest BCUT2D eigenvalue weighted by Crippen LogP contribution is 2.37. The smallest absolute Gasteiger partial charge is 0.187 e. The molecular formula is C64H68O11. The Bertz CT molecular complexity index is 2630. The van der Waals surface area contributed by atoms with E-state index in [1.54, 1.807) is 6.08 Å². The lowest BCUT2D eigenvalue weighted by Crippen LogP contribution is -2.66. The summed E-state index contributed by atoms with van der Waals surface area (Å²) in [5, 5.41) is 0. The standard InChI is InChI=1S/C64H68O11/c1-2-38-67-63-61(71-44-53-34-20-8-21-35-53)60(70-43-52-32-18-7-19-33-52)58(56(73-63)47-66-40-49-26-12-4-13-27-49)75-64-62(72-45-54-36-22-9-23-37-54)59(69-42-51-30-16-6-17-31-51)57(68-41-50-28-14-5-15-29-50)55(74-64)46-65-39-48-24-10-3-11-25-48/h2-37,55-64H,1,38-47H2/t55-,56-,57+,58-,59+,60+,61-,62-,63?,64+/m1/s1. The van der Waals surface area contributed by atoms with E-state index in [-0.39, 0.29) is 52.9 Å². The van der Waals surface area contributed by atoms with Crippen LogP contribution in [0.25, 0.3) is 0 Å². The van der Waals surface area contributed by atoms with E-state index in [1.807, 2.05) is 212 Å². The van der Waals surface area contributed by atoms with E-state index >= 15 is 0 Å². The van der Waals surface area contributed by atoms with Crippen LogP contribution in [0.1, 0.15) is 38.9 Å². The third-order valence-electron chi connectivity index (χ3n) is 13.1. The van der Waals surface area contributed by atoms with Gasteiger partial charge in [0.2, 0.25) is 0 Å². The van der Waals surface area contributed by atoms with Crippen LogP contribution in [0.15, 0.2) is 225 Å². The van der Waals surface area contributed by atoms with Crippen LogP contribution in [-0.2, 0) is 98.4 Å². The molecule has 1 unspecified atom stereocenters. The van der Waals surface area contributed by atoms with Crippen molar-refractivity contribution in [2.24, 2.45) is 0 Å². The van der Waals surface area contributed by atoms with Crippen molar-refractivity contribution in [3.63, 3.8) is 0 Å². The summed E-state index contributed by atoms with van der Waals surface area (Å²) in [5.41, 5.74) is 6.90. The summed E-state index contributed by atoms with van der Waals surface area (Å²) in [5.74, 6) is 0. The van der Waals surface area contributed by atoms with Crippen molar-refractivity contribution in [1.29, 1.82) is 0 Å². The summed E-state index contributed by atoms with van der Waals surface area (Å²) < 4.78 is 76.6. The molecule has 0 radical (unpaired) electrons. The van der Waals surface area contributed by atoms with Gasteiger partial charge < -0.3 is 52.1 Å². The molecule has 0 spiro atoms. The van der Waals surface area contributed by atoms with Crippen LogP contribution < -0.4 is 0 Å². The van der Waals surface area contributed by atoms with Crippen molar-refractivity contribution in [3.05, 3.63) is 264 Å². The van der Waals surface area contributed by atoms with E-state index < -0.39 is 61.4 Å². The fourth-order valence-electron chi connectivity index (χ4n) is 9.25. The van der Waals surface area contributed by atoms with Gasteiger partial charge >= 0.3 is 0 Å². The molecule has 0 aliphatic carbocycles. The third kappa shape index (κ3) is 16.2. The monoisotopic (exact) mass is 1010 g/mol. The molecule has 2 heterocycles. The fourth-order valence-corrected chi connectivity index (χ4v) is 9.25. The normalized spacial score (nSPS) is 23.6. The maximum absolute atomic E-state index is 7.55. The molecule has 2 saturated heterocycles. The number of benzene rings is 7. The lowest BCUT2D eigenvalue weighted by molar-refractivity contribution is -0.377. The van der Waals surface area contributed by atoms with Gasteiger partial charge in [-0.25, -0.2) is 0 Å². The quantitative estimate of drug-likeness (QED) is 0.0438. The number of hydrogen-bond donors (Lipinski definition) is 0. The second-order valence-corrected chi connectivity index (χ2v) is 18.6.